The van der Waals surface area contributed by atoms with Crippen molar-refractivity contribution in [2.24, 2.45) is 5.92 Å². The molecule has 0 aliphatic rings. The highest BCUT2D eigenvalue weighted by Crippen LogP contribution is 2.41. The van der Waals surface area contributed by atoms with Crippen LogP contribution in [0.1, 0.15) is 42.6 Å². The molecule has 0 heterocycles. The van der Waals surface area contributed by atoms with Gasteiger partial charge in [-0.15, -0.1) is 0 Å². The first kappa shape index (κ1) is 32.4. The largest absolute Gasteiger partial charge is 0.490 e. The van der Waals surface area contributed by atoms with Gasteiger partial charge in [-0.1, -0.05) is 61.1 Å². The van der Waals surface area contributed by atoms with Crippen LogP contribution in [0, 0.1) is 5.92 Å². The van der Waals surface area contributed by atoms with Crippen molar-refractivity contribution >= 4 is 52.4 Å². The van der Waals surface area contributed by atoms with E-state index in [0.29, 0.717) is 22.4 Å². The standard InChI is InChI=1S/C29H28Cl3F3N2O4/c1-3-16(2)25(37-19-7-4-17(5-8-19)28(40)36-11-10-27(38)39)15-41-26-14-23(31)21(13-24(26)32)20-9-6-18(12-22(20)30)29(33,34)35/h4-9,12-14,16,25,37H,3,10-11,15H2,1-2H3,(H,36,40)(H,38,39). The minimum absolute atomic E-state index is 0.0343. The molecule has 3 rings (SSSR count). The van der Waals surface area contributed by atoms with E-state index in [1.807, 2.05) is 6.92 Å². The zero-order valence-electron chi connectivity index (χ0n) is 22.1. The van der Waals surface area contributed by atoms with E-state index in [-0.39, 0.29) is 52.5 Å². The van der Waals surface area contributed by atoms with Crippen LogP contribution in [-0.4, -0.2) is 36.2 Å². The first-order chi connectivity index (χ1) is 19.3. The van der Waals surface area contributed by atoms with E-state index < -0.39 is 17.7 Å². The summed E-state index contributed by atoms with van der Waals surface area (Å²) in [5.74, 6) is -0.890. The highest BCUT2D eigenvalue weighted by Gasteiger charge is 2.31. The van der Waals surface area contributed by atoms with Crippen LogP contribution in [0.2, 0.25) is 15.1 Å². The molecule has 0 saturated carbocycles. The Bertz CT molecular complexity index is 1380. The van der Waals surface area contributed by atoms with Gasteiger partial charge in [-0.3, -0.25) is 9.59 Å². The maximum Gasteiger partial charge on any atom is 0.416 e. The molecular formula is C29H28Cl3F3N2O4. The van der Waals surface area contributed by atoms with Gasteiger partial charge in [0.1, 0.15) is 12.4 Å². The number of hydrogen-bond acceptors (Lipinski definition) is 4. The summed E-state index contributed by atoms with van der Waals surface area (Å²) in [4.78, 5) is 22.8. The fraction of sp³-hybridized carbons (Fsp3) is 0.310. The fourth-order valence-electron chi connectivity index (χ4n) is 3.88. The molecule has 2 atom stereocenters. The molecule has 12 heteroatoms. The maximum absolute atomic E-state index is 13.0. The second-order valence-corrected chi connectivity index (χ2v) is 10.6. The lowest BCUT2D eigenvalue weighted by Gasteiger charge is -2.26. The van der Waals surface area contributed by atoms with E-state index in [4.69, 9.17) is 44.6 Å². The van der Waals surface area contributed by atoms with Gasteiger partial charge in [-0.25, -0.2) is 0 Å². The average Bonchev–Trinajstić information content (AvgIpc) is 2.91. The first-order valence-electron chi connectivity index (χ1n) is 12.7. The summed E-state index contributed by atoms with van der Waals surface area (Å²) >= 11 is 19.1. The predicted octanol–water partition coefficient (Wildman–Crippen LogP) is 8.44. The molecule has 0 aliphatic carbocycles. The molecule has 0 saturated heterocycles. The lowest BCUT2D eigenvalue weighted by molar-refractivity contribution is -0.138. The number of nitrogens with one attached hydrogen (secondary N) is 2. The van der Waals surface area contributed by atoms with Crippen LogP contribution in [0.3, 0.4) is 0 Å². The molecule has 6 nitrogen and oxygen atoms in total. The number of carbonyl (C=O) groups is 2. The van der Waals surface area contributed by atoms with Gasteiger partial charge in [-0.05, 0) is 48.4 Å². The van der Waals surface area contributed by atoms with Gasteiger partial charge in [0.2, 0.25) is 0 Å². The summed E-state index contributed by atoms with van der Waals surface area (Å²) in [5.41, 5.74) is 0.942. The number of ether oxygens (including phenoxy) is 1. The third-order valence-corrected chi connectivity index (χ3v) is 7.40. The number of carboxylic acids is 1. The van der Waals surface area contributed by atoms with Crippen molar-refractivity contribution in [1.82, 2.24) is 5.32 Å². The molecule has 3 N–H and O–H groups in total. The molecule has 0 spiro atoms. The number of hydrogen-bond donors (Lipinski definition) is 3. The summed E-state index contributed by atoms with van der Waals surface area (Å²) in [5, 5.41) is 15.0. The van der Waals surface area contributed by atoms with Gasteiger partial charge >= 0.3 is 12.1 Å². The van der Waals surface area contributed by atoms with Crippen molar-refractivity contribution in [3.05, 3.63) is 80.8 Å². The minimum atomic E-state index is -4.53. The summed E-state index contributed by atoms with van der Waals surface area (Å²) in [6.45, 7) is 4.33. The summed E-state index contributed by atoms with van der Waals surface area (Å²) in [7, 11) is 0. The van der Waals surface area contributed by atoms with E-state index in [2.05, 4.69) is 17.6 Å². The van der Waals surface area contributed by atoms with E-state index in [1.54, 1.807) is 24.3 Å². The Labute approximate surface area is 250 Å². The molecule has 0 bridgehead atoms. The quantitative estimate of drug-likeness (QED) is 0.187. The summed E-state index contributed by atoms with van der Waals surface area (Å²) in [6.07, 6.45) is -3.85. The van der Waals surface area contributed by atoms with Gasteiger partial charge in [0, 0.05) is 40.0 Å². The first-order valence-corrected chi connectivity index (χ1v) is 13.8. The molecule has 3 aromatic rings. The van der Waals surface area contributed by atoms with Crippen molar-refractivity contribution < 1.29 is 32.6 Å². The molecule has 2 unspecified atom stereocenters. The normalized spacial score (nSPS) is 12.9. The van der Waals surface area contributed by atoms with Crippen molar-refractivity contribution in [3.8, 4) is 16.9 Å². The van der Waals surface area contributed by atoms with Crippen molar-refractivity contribution in [1.29, 1.82) is 0 Å². The van der Waals surface area contributed by atoms with Gasteiger partial charge in [0.05, 0.1) is 28.1 Å². The smallest absolute Gasteiger partial charge is 0.416 e. The van der Waals surface area contributed by atoms with Crippen molar-refractivity contribution in [2.75, 3.05) is 18.5 Å². The van der Waals surface area contributed by atoms with E-state index >= 15 is 0 Å². The Balaban J connectivity index is 1.71. The maximum atomic E-state index is 13.0. The zero-order chi connectivity index (χ0) is 30.3. The number of carbonyl (C=O) groups excluding carboxylic acids is 1. The van der Waals surface area contributed by atoms with Crippen LogP contribution >= 0.6 is 34.8 Å². The van der Waals surface area contributed by atoms with Gasteiger partial charge in [0.15, 0.2) is 0 Å². The lowest BCUT2D eigenvalue weighted by atomic mass is 9.99. The number of aliphatic carboxylic acids is 1. The zero-order valence-corrected chi connectivity index (χ0v) is 24.4. The van der Waals surface area contributed by atoms with Crippen molar-refractivity contribution in [2.45, 2.75) is 38.9 Å². The Morgan fingerprint density at radius 3 is 2.20 bits per heavy atom. The number of alkyl halides is 3. The van der Waals surface area contributed by atoms with Crippen LogP contribution in [-0.2, 0) is 11.0 Å². The SMILES string of the molecule is CCC(C)C(COc1cc(Cl)c(-c2ccc(C(F)(F)F)cc2Cl)cc1Cl)Nc1ccc(C(=O)NCCC(=O)O)cc1. The number of benzene rings is 3. The van der Waals surface area contributed by atoms with Gasteiger partial charge in [0.25, 0.3) is 5.91 Å². The summed E-state index contributed by atoms with van der Waals surface area (Å²) in [6, 6.07) is 12.6. The van der Waals surface area contributed by atoms with E-state index in [0.717, 1.165) is 24.2 Å². The van der Waals surface area contributed by atoms with E-state index in [1.165, 1.54) is 18.2 Å². The molecule has 220 valence electrons. The van der Waals surface area contributed by atoms with E-state index in [9.17, 15) is 22.8 Å². The molecule has 0 aromatic heterocycles. The van der Waals surface area contributed by atoms with Crippen LogP contribution in [0.25, 0.3) is 11.1 Å². The highest BCUT2D eigenvalue weighted by atomic mass is 35.5. The fourth-order valence-corrected chi connectivity index (χ4v) is 4.64. The Morgan fingerprint density at radius 1 is 0.951 bits per heavy atom. The Kier molecular flexibility index (Phi) is 11.2. The molecule has 0 aliphatic heterocycles. The molecule has 1 amide bonds. The monoisotopic (exact) mass is 630 g/mol. The topological polar surface area (TPSA) is 87.7 Å². The second kappa shape index (κ2) is 14.2. The molecular weight excluding hydrogens is 604 g/mol. The lowest BCUT2D eigenvalue weighted by Crippen LogP contribution is -2.33. The summed E-state index contributed by atoms with van der Waals surface area (Å²) < 4.78 is 45.1. The Morgan fingerprint density at radius 2 is 1.61 bits per heavy atom. The van der Waals surface area contributed by atoms with Crippen LogP contribution < -0.4 is 15.4 Å². The van der Waals surface area contributed by atoms with Gasteiger partial charge < -0.3 is 20.5 Å². The molecule has 3 aromatic carbocycles. The second-order valence-electron chi connectivity index (χ2n) is 9.38. The number of halogens is 6. The highest BCUT2D eigenvalue weighted by molar-refractivity contribution is 6.38. The third kappa shape index (κ3) is 8.92. The van der Waals surface area contributed by atoms with Crippen LogP contribution in [0.15, 0.2) is 54.6 Å². The molecule has 0 radical (unpaired) electrons. The number of carboxylic acid groups (broad SMARTS) is 1. The van der Waals surface area contributed by atoms with Crippen LogP contribution in [0.5, 0.6) is 5.75 Å². The number of anilines is 1. The average molecular weight is 632 g/mol. The minimum Gasteiger partial charge on any atom is -0.490 e. The third-order valence-electron chi connectivity index (χ3n) is 6.48. The molecule has 0 fully saturated rings. The Hall–Kier alpha value is -3.14. The number of rotatable bonds is 12. The molecule has 41 heavy (non-hydrogen) atoms. The number of amides is 1. The predicted molar refractivity (Wildman–Crippen MR) is 155 cm³/mol. The van der Waals surface area contributed by atoms with Crippen LogP contribution in [0.4, 0.5) is 18.9 Å². The van der Waals surface area contributed by atoms with Crippen molar-refractivity contribution in [3.63, 3.8) is 0 Å². The van der Waals surface area contributed by atoms with Gasteiger partial charge in [-0.2, -0.15) is 13.2 Å².